The van der Waals surface area contributed by atoms with E-state index in [2.05, 4.69) is 0 Å². The summed E-state index contributed by atoms with van der Waals surface area (Å²) in [6.45, 7) is 0. The van der Waals surface area contributed by atoms with Crippen molar-refractivity contribution in [1.82, 2.24) is 4.57 Å². The van der Waals surface area contributed by atoms with E-state index in [1.807, 2.05) is 18.2 Å². The number of aryl methyl sites for hydroxylation is 1. The third-order valence-electron chi connectivity index (χ3n) is 3.83. The highest BCUT2D eigenvalue weighted by molar-refractivity contribution is 5.79. The normalized spacial score (nSPS) is 17.5. The van der Waals surface area contributed by atoms with E-state index < -0.39 is 0 Å². The lowest BCUT2D eigenvalue weighted by Crippen LogP contribution is -2.12. The number of benzene rings is 1. The van der Waals surface area contributed by atoms with Crippen LogP contribution in [0.2, 0.25) is 0 Å². The highest BCUT2D eigenvalue weighted by atomic mass is 16.4. The van der Waals surface area contributed by atoms with E-state index in [-0.39, 0.29) is 5.76 Å². The van der Waals surface area contributed by atoms with Crippen LogP contribution < -0.4 is 5.76 Å². The lowest BCUT2D eigenvalue weighted by Gasteiger charge is -2.21. The Bertz CT molecular complexity index is 655. The zero-order chi connectivity index (χ0) is 12.7. The average Bonchev–Trinajstić information content (AvgIpc) is 2.65. The SMILES string of the molecule is Cn1c(=O)oc2cc(C3CCC(=O)CC3)ccc21. The topological polar surface area (TPSA) is 52.2 Å². The molecule has 4 heteroatoms. The summed E-state index contributed by atoms with van der Waals surface area (Å²) < 4.78 is 6.70. The average molecular weight is 245 g/mol. The molecule has 0 spiro atoms. The van der Waals surface area contributed by atoms with E-state index in [0.717, 1.165) is 18.4 Å². The number of ketones is 1. The Morgan fingerprint density at radius 3 is 2.67 bits per heavy atom. The van der Waals surface area contributed by atoms with Gasteiger partial charge in [0, 0.05) is 19.9 Å². The van der Waals surface area contributed by atoms with Crippen LogP contribution in [0.15, 0.2) is 27.4 Å². The molecule has 2 aromatic rings. The summed E-state index contributed by atoms with van der Waals surface area (Å²) in [5.41, 5.74) is 2.62. The maximum atomic E-state index is 11.4. The largest absolute Gasteiger partial charge is 0.419 e. The second-order valence-electron chi connectivity index (χ2n) is 4.97. The minimum absolute atomic E-state index is 0.332. The van der Waals surface area contributed by atoms with Crippen LogP contribution in [0, 0.1) is 0 Å². The van der Waals surface area contributed by atoms with Crippen molar-refractivity contribution < 1.29 is 9.21 Å². The number of hydrogen-bond acceptors (Lipinski definition) is 3. The minimum Gasteiger partial charge on any atom is -0.408 e. The third kappa shape index (κ3) is 1.78. The van der Waals surface area contributed by atoms with Gasteiger partial charge in [0.2, 0.25) is 0 Å². The van der Waals surface area contributed by atoms with Gasteiger partial charge in [0.25, 0.3) is 0 Å². The fraction of sp³-hybridized carbons (Fsp3) is 0.429. The molecule has 0 bridgehead atoms. The molecule has 0 amide bonds. The van der Waals surface area contributed by atoms with Crippen LogP contribution in [0.4, 0.5) is 0 Å². The Morgan fingerprint density at radius 2 is 1.94 bits per heavy atom. The Balaban J connectivity index is 1.98. The number of carbonyl (C=O) groups excluding carboxylic acids is 1. The molecule has 1 aromatic carbocycles. The predicted molar refractivity (Wildman–Crippen MR) is 67.7 cm³/mol. The van der Waals surface area contributed by atoms with Gasteiger partial charge >= 0.3 is 5.76 Å². The van der Waals surface area contributed by atoms with E-state index in [4.69, 9.17) is 4.42 Å². The van der Waals surface area contributed by atoms with E-state index in [9.17, 15) is 9.59 Å². The third-order valence-corrected chi connectivity index (χ3v) is 3.83. The highest BCUT2D eigenvalue weighted by Crippen LogP contribution is 2.32. The molecule has 0 unspecified atom stereocenters. The molecule has 4 nitrogen and oxygen atoms in total. The summed E-state index contributed by atoms with van der Waals surface area (Å²) in [4.78, 5) is 22.7. The van der Waals surface area contributed by atoms with Crippen molar-refractivity contribution >= 4 is 16.9 Å². The van der Waals surface area contributed by atoms with Gasteiger partial charge in [-0.1, -0.05) is 6.07 Å². The van der Waals surface area contributed by atoms with Crippen LogP contribution in [0.1, 0.15) is 37.2 Å². The van der Waals surface area contributed by atoms with Crippen molar-refractivity contribution in [2.75, 3.05) is 0 Å². The van der Waals surface area contributed by atoms with Gasteiger partial charge in [-0.3, -0.25) is 9.36 Å². The Kier molecular flexibility index (Phi) is 2.58. The van der Waals surface area contributed by atoms with Crippen LogP contribution in [-0.4, -0.2) is 10.4 Å². The van der Waals surface area contributed by atoms with Gasteiger partial charge in [-0.15, -0.1) is 0 Å². The van der Waals surface area contributed by atoms with Crippen LogP contribution in [-0.2, 0) is 11.8 Å². The van der Waals surface area contributed by atoms with Crippen molar-refractivity contribution in [2.24, 2.45) is 7.05 Å². The van der Waals surface area contributed by atoms with Gasteiger partial charge in [0.1, 0.15) is 5.78 Å². The second-order valence-corrected chi connectivity index (χ2v) is 4.97. The first-order valence-electron chi connectivity index (χ1n) is 6.26. The molecule has 18 heavy (non-hydrogen) atoms. The van der Waals surface area contributed by atoms with Gasteiger partial charge < -0.3 is 4.42 Å². The first-order valence-corrected chi connectivity index (χ1v) is 6.26. The quantitative estimate of drug-likeness (QED) is 0.775. The molecule has 1 fully saturated rings. The zero-order valence-electron chi connectivity index (χ0n) is 10.3. The monoisotopic (exact) mass is 245 g/mol. The number of Topliss-reactive ketones (excluding diaryl/α,β-unsaturated/α-hetero) is 1. The molecule has 94 valence electrons. The molecule has 1 heterocycles. The summed E-state index contributed by atoms with van der Waals surface area (Å²) in [5.74, 6) is 0.442. The van der Waals surface area contributed by atoms with Gasteiger partial charge in [-0.05, 0) is 36.5 Å². The molecule has 0 saturated heterocycles. The summed E-state index contributed by atoms with van der Waals surface area (Å²) >= 11 is 0. The molecule has 1 aliphatic carbocycles. The molecular formula is C14H15NO3. The number of oxazole rings is 1. The summed E-state index contributed by atoms with van der Waals surface area (Å²) in [6, 6.07) is 5.90. The van der Waals surface area contributed by atoms with Crippen molar-refractivity contribution in [1.29, 1.82) is 0 Å². The number of nitrogens with zero attached hydrogens (tertiary/aromatic N) is 1. The molecule has 3 rings (SSSR count). The van der Waals surface area contributed by atoms with Crippen molar-refractivity contribution in [2.45, 2.75) is 31.6 Å². The van der Waals surface area contributed by atoms with Gasteiger partial charge in [0.05, 0.1) is 5.52 Å². The predicted octanol–water partition coefficient (Wildman–Crippen LogP) is 2.36. The van der Waals surface area contributed by atoms with Crippen molar-refractivity contribution in [3.05, 3.63) is 34.3 Å². The fourth-order valence-electron chi connectivity index (χ4n) is 2.68. The molecular weight excluding hydrogens is 230 g/mol. The molecule has 0 radical (unpaired) electrons. The molecule has 0 atom stereocenters. The van der Waals surface area contributed by atoms with Crippen LogP contribution >= 0.6 is 0 Å². The van der Waals surface area contributed by atoms with Gasteiger partial charge in [-0.25, -0.2) is 4.79 Å². The lowest BCUT2D eigenvalue weighted by molar-refractivity contribution is -0.120. The minimum atomic E-state index is -0.332. The summed E-state index contributed by atoms with van der Waals surface area (Å²) in [5, 5.41) is 0. The van der Waals surface area contributed by atoms with Gasteiger partial charge in [-0.2, -0.15) is 0 Å². The summed E-state index contributed by atoms with van der Waals surface area (Å²) in [7, 11) is 1.70. The summed E-state index contributed by atoms with van der Waals surface area (Å²) in [6.07, 6.45) is 3.14. The zero-order valence-corrected chi connectivity index (χ0v) is 10.3. The lowest BCUT2D eigenvalue weighted by atomic mass is 9.83. The highest BCUT2D eigenvalue weighted by Gasteiger charge is 2.21. The maximum absolute atomic E-state index is 11.4. The van der Waals surface area contributed by atoms with Crippen LogP contribution in [0.25, 0.3) is 11.1 Å². The van der Waals surface area contributed by atoms with Gasteiger partial charge in [0.15, 0.2) is 5.58 Å². The van der Waals surface area contributed by atoms with E-state index in [0.29, 0.717) is 30.1 Å². The fourth-order valence-corrected chi connectivity index (χ4v) is 2.68. The number of aromatic nitrogens is 1. The standard InChI is InChI=1S/C14H15NO3/c1-15-12-7-4-10(8-13(12)18-14(15)17)9-2-5-11(16)6-3-9/h4,7-9H,2-3,5-6H2,1H3. The van der Waals surface area contributed by atoms with Crippen LogP contribution in [0.5, 0.6) is 0 Å². The molecule has 0 N–H and O–H groups in total. The van der Waals surface area contributed by atoms with E-state index >= 15 is 0 Å². The molecule has 0 aliphatic heterocycles. The Morgan fingerprint density at radius 1 is 1.22 bits per heavy atom. The number of carbonyl (C=O) groups is 1. The number of rotatable bonds is 1. The molecule has 1 aliphatic rings. The number of fused-ring (bicyclic) bond motifs is 1. The van der Waals surface area contributed by atoms with Crippen molar-refractivity contribution in [3.8, 4) is 0 Å². The Labute approximate surface area is 104 Å². The first-order chi connectivity index (χ1) is 8.65. The number of hydrogen-bond donors (Lipinski definition) is 0. The van der Waals surface area contributed by atoms with Crippen LogP contribution in [0.3, 0.4) is 0 Å². The van der Waals surface area contributed by atoms with Crippen molar-refractivity contribution in [3.63, 3.8) is 0 Å². The molecule has 1 aromatic heterocycles. The maximum Gasteiger partial charge on any atom is 0.419 e. The smallest absolute Gasteiger partial charge is 0.408 e. The first kappa shape index (κ1) is 11.3. The second kappa shape index (κ2) is 4.12. The van der Waals surface area contributed by atoms with E-state index in [1.54, 1.807) is 7.05 Å². The Hall–Kier alpha value is -1.84. The molecule has 1 saturated carbocycles. The van der Waals surface area contributed by atoms with E-state index in [1.165, 1.54) is 10.1 Å².